The highest BCUT2D eigenvalue weighted by Crippen LogP contribution is 2.39. The largest absolute Gasteiger partial charge is 0.496 e. The average molecular weight is 634 g/mol. The van der Waals surface area contributed by atoms with Crippen molar-refractivity contribution in [2.75, 3.05) is 27.3 Å². The SMILES string of the molecule is COc1cc(COC2CN(C(Cl)Cl)CCC2c2ccc(OCc3cc(-c4ccccc4)no3)cc2)c(OC)c2ccccc12. The summed E-state index contributed by atoms with van der Waals surface area (Å²) in [7, 11) is 3.36. The first-order valence-electron chi connectivity index (χ1n) is 14.5. The Hall–Kier alpha value is -3.75. The second-order valence-electron chi connectivity index (χ2n) is 10.7. The van der Waals surface area contributed by atoms with E-state index in [4.69, 9.17) is 46.7 Å². The van der Waals surface area contributed by atoms with E-state index in [1.54, 1.807) is 14.2 Å². The van der Waals surface area contributed by atoms with Gasteiger partial charge in [0.15, 0.2) is 10.7 Å². The van der Waals surface area contributed by atoms with Crippen molar-refractivity contribution in [1.29, 1.82) is 0 Å². The van der Waals surface area contributed by atoms with Crippen molar-refractivity contribution in [2.45, 2.75) is 36.6 Å². The van der Waals surface area contributed by atoms with Gasteiger partial charge in [-0.3, -0.25) is 4.90 Å². The lowest BCUT2D eigenvalue weighted by Gasteiger charge is -2.39. The van der Waals surface area contributed by atoms with Gasteiger partial charge in [-0.25, -0.2) is 0 Å². The molecule has 1 aliphatic rings. The molecule has 0 N–H and O–H groups in total. The Morgan fingerprint density at radius 2 is 1.64 bits per heavy atom. The highest BCUT2D eigenvalue weighted by atomic mass is 35.5. The van der Waals surface area contributed by atoms with Gasteiger partial charge in [-0.2, -0.15) is 0 Å². The summed E-state index contributed by atoms with van der Waals surface area (Å²) in [4.78, 5) is 1.42. The molecule has 1 fully saturated rings. The summed E-state index contributed by atoms with van der Waals surface area (Å²) < 4.78 is 29.7. The maximum atomic E-state index is 6.64. The van der Waals surface area contributed by atoms with Crippen LogP contribution in [0.3, 0.4) is 0 Å². The molecule has 0 aliphatic carbocycles. The zero-order valence-electron chi connectivity index (χ0n) is 24.6. The molecular formula is C35H34Cl2N2O5. The summed E-state index contributed by atoms with van der Waals surface area (Å²) in [6.07, 6.45) is 0.697. The first kappa shape index (κ1) is 30.3. The van der Waals surface area contributed by atoms with E-state index in [2.05, 4.69) is 17.3 Å². The van der Waals surface area contributed by atoms with Gasteiger partial charge in [0.05, 0.1) is 26.9 Å². The number of likely N-dealkylation sites (tertiary alicyclic amines) is 1. The van der Waals surface area contributed by atoms with E-state index in [-0.39, 0.29) is 18.6 Å². The molecule has 44 heavy (non-hydrogen) atoms. The molecule has 1 aromatic heterocycles. The Labute approximate surface area is 267 Å². The highest BCUT2D eigenvalue weighted by molar-refractivity contribution is 6.43. The Balaban J connectivity index is 1.16. The molecule has 9 heteroatoms. The zero-order valence-corrected chi connectivity index (χ0v) is 26.1. The van der Waals surface area contributed by atoms with Gasteiger partial charge in [0.25, 0.3) is 0 Å². The topological polar surface area (TPSA) is 66.2 Å². The number of hydrogen-bond donors (Lipinski definition) is 0. The lowest BCUT2D eigenvalue weighted by atomic mass is 9.87. The van der Waals surface area contributed by atoms with Crippen LogP contribution in [0.25, 0.3) is 22.0 Å². The van der Waals surface area contributed by atoms with Crippen molar-refractivity contribution in [3.63, 3.8) is 0 Å². The van der Waals surface area contributed by atoms with E-state index in [1.807, 2.05) is 83.8 Å². The normalized spacial score (nSPS) is 17.2. The predicted molar refractivity (Wildman–Crippen MR) is 173 cm³/mol. The molecule has 1 saturated heterocycles. The van der Waals surface area contributed by atoms with Crippen molar-refractivity contribution < 1.29 is 23.5 Å². The third-order valence-electron chi connectivity index (χ3n) is 8.10. The fourth-order valence-corrected chi connectivity index (χ4v) is 6.20. The van der Waals surface area contributed by atoms with Crippen LogP contribution in [0.4, 0.5) is 0 Å². The van der Waals surface area contributed by atoms with Crippen LogP contribution in [0.15, 0.2) is 95.5 Å². The van der Waals surface area contributed by atoms with Gasteiger partial charge in [-0.1, -0.05) is 95.1 Å². The predicted octanol–water partition coefficient (Wildman–Crippen LogP) is 8.23. The minimum Gasteiger partial charge on any atom is -0.496 e. The van der Waals surface area contributed by atoms with Gasteiger partial charge in [-0.15, -0.1) is 0 Å². The van der Waals surface area contributed by atoms with Crippen LogP contribution in [-0.2, 0) is 18.0 Å². The number of piperidine rings is 1. The molecule has 1 aliphatic heterocycles. The van der Waals surface area contributed by atoms with E-state index in [1.165, 1.54) is 0 Å². The van der Waals surface area contributed by atoms with E-state index < -0.39 is 4.96 Å². The van der Waals surface area contributed by atoms with Crippen molar-refractivity contribution in [2.24, 2.45) is 0 Å². The molecule has 0 radical (unpaired) electrons. The maximum absolute atomic E-state index is 6.64. The number of nitrogens with zero attached hydrogens (tertiary/aromatic N) is 2. The van der Waals surface area contributed by atoms with Gasteiger partial charge in [0.1, 0.15) is 29.5 Å². The second-order valence-corrected chi connectivity index (χ2v) is 11.8. The smallest absolute Gasteiger partial charge is 0.174 e. The van der Waals surface area contributed by atoms with Crippen LogP contribution in [0, 0.1) is 0 Å². The second kappa shape index (κ2) is 13.9. The van der Waals surface area contributed by atoms with E-state index >= 15 is 0 Å². The lowest BCUT2D eigenvalue weighted by molar-refractivity contribution is -0.0231. The van der Waals surface area contributed by atoms with Crippen LogP contribution in [0.1, 0.15) is 29.2 Å². The molecule has 0 spiro atoms. The summed E-state index contributed by atoms with van der Waals surface area (Å²) in [6, 6.07) is 30.0. The number of fused-ring (bicyclic) bond motifs is 1. The summed E-state index contributed by atoms with van der Waals surface area (Å²) in [6.45, 7) is 2.00. The first-order chi connectivity index (χ1) is 21.5. The first-order valence-corrected chi connectivity index (χ1v) is 15.4. The van der Waals surface area contributed by atoms with Gasteiger partial charge in [0, 0.05) is 47.0 Å². The third-order valence-corrected chi connectivity index (χ3v) is 8.65. The van der Waals surface area contributed by atoms with Crippen molar-refractivity contribution in [1.82, 2.24) is 10.1 Å². The molecule has 2 heterocycles. The Morgan fingerprint density at radius 1 is 0.886 bits per heavy atom. The molecular weight excluding hydrogens is 599 g/mol. The minimum absolute atomic E-state index is 0.142. The van der Waals surface area contributed by atoms with Crippen LogP contribution >= 0.6 is 23.2 Å². The van der Waals surface area contributed by atoms with Crippen molar-refractivity contribution in [3.8, 4) is 28.5 Å². The Kier molecular flexibility index (Phi) is 9.57. The van der Waals surface area contributed by atoms with Crippen molar-refractivity contribution >= 4 is 34.0 Å². The van der Waals surface area contributed by atoms with Gasteiger partial charge in [-0.05, 0) is 30.2 Å². The fourth-order valence-electron chi connectivity index (χ4n) is 5.84. The Morgan fingerprint density at radius 3 is 2.36 bits per heavy atom. The number of halogens is 2. The van der Waals surface area contributed by atoms with Crippen LogP contribution in [0.2, 0.25) is 0 Å². The summed E-state index contributed by atoms with van der Waals surface area (Å²) in [5.74, 6) is 3.11. The summed E-state index contributed by atoms with van der Waals surface area (Å²) in [5.41, 5.74) is 3.87. The average Bonchev–Trinajstić information content (AvgIpc) is 3.55. The minimum atomic E-state index is -0.605. The van der Waals surface area contributed by atoms with Crippen LogP contribution in [0.5, 0.6) is 17.2 Å². The lowest BCUT2D eigenvalue weighted by Crippen LogP contribution is -2.45. The monoisotopic (exact) mass is 632 g/mol. The third kappa shape index (κ3) is 6.66. The molecule has 228 valence electrons. The van der Waals surface area contributed by atoms with Crippen LogP contribution in [-0.4, -0.2) is 48.4 Å². The van der Waals surface area contributed by atoms with E-state index in [9.17, 15) is 0 Å². The Bertz CT molecular complexity index is 1680. The molecule has 0 bridgehead atoms. The molecule has 2 atom stereocenters. The fraction of sp³-hybridized carbons (Fsp3) is 0.286. The molecule has 7 nitrogen and oxygen atoms in total. The number of methoxy groups -OCH3 is 2. The molecule has 2 unspecified atom stereocenters. The quantitative estimate of drug-likeness (QED) is 0.107. The van der Waals surface area contributed by atoms with E-state index in [0.717, 1.165) is 63.4 Å². The molecule has 4 aromatic carbocycles. The zero-order chi connectivity index (χ0) is 30.5. The number of rotatable bonds is 11. The van der Waals surface area contributed by atoms with Gasteiger partial charge >= 0.3 is 0 Å². The highest BCUT2D eigenvalue weighted by Gasteiger charge is 2.33. The molecule has 0 saturated carbocycles. The number of aromatic nitrogens is 1. The molecule has 5 aromatic rings. The van der Waals surface area contributed by atoms with Gasteiger partial charge < -0.3 is 23.5 Å². The maximum Gasteiger partial charge on any atom is 0.174 e. The van der Waals surface area contributed by atoms with E-state index in [0.29, 0.717) is 18.9 Å². The number of ether oxygens (including phenoxy) is 4. The van der Waals surface area contributed by atoms with Gasteiger partial charge in [0.2, 0.25) is 0 Å². The number of benzene rings is 4. The number of hydrogen-bond acceptors (Lipinski definition) is 7. The number of alkyl halides is 2. The molecule has 6 rings (SSSR count). The summed E-state index contributed by atoms with van der Waals surface area (Å²) >= 11 is 12.6. The molecule has 0 amide bonds. The van der Waals surface area contributed by atoms with Crippen LogP contribution < -0.4 is 14.2 Å². The van der Waals surface area contributed by atoms with Crippen molar-refractivity contribution in [3.05, 3.63) is 108 Å². The standard InChI is InChI=1S/C35H34Cl2N2O5/c1-40-32-18-25(34(41-2)30-11-7-6-10-29(30)32)21-43-33-20-39(35(36)37)17-16-28(33)23-12-14-26(15-13-23)42-22-27-19-31(38-44-27)24-8-4-3-5-9-24/h3-15,18-19,28,33,35H,16-17,20-22H2,1-2H3. The summed E-state index contributed by atoms with van der Waals surface area (Å²) in [5, 5.41) is 6.14.